The summed E-state index contributed by atoms with van der Waals surface area (Å²) in [6, 6.07) is 21.8. The number of benzene rings is 2. The molecule has 0 aliphatic heterocycles. The predicted molar refractivity (Wildman–Crippen MR) is 100 cm³/mol. The van der Waals surface area contributed by atoms with E-state index in [2.05, 4.69) is 89.1 Å². The maximum atomic E-state index is 2.48. The van der Waals surface area contributed by atoms with E-state index in [1.807, 2.05) is 0 Å². The minimum atomic E-state index is 0. The molecule has 0 amide bonds. The van der Waals surface area contributed by atoms with Crippen molar-refractivity contribution in [3.63, 3.8) is 0 Å². The number of pyridine rings is 1. The van der Waals surface area contributed by atoms with Gasteiger partial charge in [-0.25, -0.2) is 4.57 Å². The molecule has 4 rings (SSSR count). The number of hydrogen-bond donors (Lipinski definition) is 0. The number of fused-ring (bicyclic) bond motifs is 3. The normalized spacial score (nSPS) is 10.9. The number of para-hydroxylation sites is 2. The van der Waals surface area contributed by atoms with Gasteiger partial charge in [-0.2, -0.15) is 0 Å². The van der Waals surface area contributed by atoms with E-state index in [1.165, 1.54) is 40.2 Å². The van der Waals surface area contributed by atoms with Gasteiger partial charge < -0.3 is 21.5 Å². The van der Waals surface area contributed by atoms with Crippen molar-refractivity contribution in [3.05, 3.63) is 78.6 Å². The summed E-state index contributed by atoms with van der Waals surface area (Å²) >= 11 is 0. The van der Waals surface area contributed by atoms with Crippen molar-refractivity contribution in [2.45, 2.75) is 32.9 Å². The van der Waals surface area contributed by atoms with E-state index in [-0.39, 0.29) is 17.0 Å². The van der Waals surface area contributed by atoms with Crippen LogP contribution in [0.4, 0.5) is 0 Å². The molecule has 25 heavy (non-hydrogen) atoms. The van der Waals surface area contributed by atoms with Crippen LogP contribution >= 0.6 is 0 Å². The molecule has 2 heterocycles. The number of halogens is 1. The zero-order valence-corrected chi connectivity index (χ0v) is 16.1. The minimum Gasteiger partial charge on any atom is -1.00 e. The Hall–Kier alpha value is -2.13. The Morgan fingerprint density at radius 3 is 2.08 bits per heavy atom. The summed E-state index contributed by atoms with van der Waals surface area (Å²) < 4.78 is 4.77. The van der Waals surface area contributed by atoms with E-state index in [9.17, 15) is 0 Å². The number of aromatic nitrogens is 2. The van der Waals surface area contributed by atoms with Crippen molar-refractivity contribution < 1.29 is 21.5 Å². The van der Waals surface area contributed by atoms with Crippen LogP contribution in [-0.4, -0.2) is 4.57 Å². The highest BCUT2D eigenvalue weighted by Gasteiger charge is 2.09. The Morgan fingerprint density at radius 1 is 0.800 bits per heavy atom. The van der Waals surface area contributed by atoms with Crippen LogP contribution in [0, 0.1) is 6.92 Å². The smallest absolute Gasteiger partial charge is 0.171 e. The van der Waals surface area contributed by atoms with E-state index in [1.54, 1.807) is 0 Å². The third kappa shape index (κ3) is 3.62. The summed E-state index contributed by atoms with van der Waals surface area (Å²) in [7, 11) is 0. The maximum Gasteiger partial charge on any atom is 0.171 e. The third-order valence-corrected chi connectivity index (χ3v) is 4.73. The van der Waals surface area contributed by atoms with Crippen LogP contribution in [0.15, 0.2) is 73.1 Å². The quantitative estimate of drug-likeness (QED) is 0.361. The summed E-state index contributed by atoms with van der Waals surface area (Å²) in [5.74, 6) is 0. The van der Waals surface area contributed by atoms with Gasteiger partial charge in [0.05, 0.1) is 0 Å². The Balaban J connectivity index is 0.00000182. The number of nitrogens with zero attached hydrogens (tertiary/aromatic N) is 2. The second kappa shape index (κ2) is 7.83. The third-order valence-electron chi connectivity index (χ3n) is 4.73. The highest BCUT2D eigenvalue weighted by molar-refractivity contribution is 6.07. The Morgan fingerprint density at radius 2 is 1.44 bits per heavy atom. The van der Waals surface area contributed by atoms with E-state index in [4.69, 9.17) is 0 Å². The van der Waals surface area contributed by atoms with E-state index in [0.717, 1.165) is 13.1 Å². The van der Waals surface area contributed by atoms with Gasteiger partial charge in [-0.1, -0.05) is 36.4 Å². The standard InChI is InChI=1S/C22H23N2.BrH/c1-18-9-8-15-23(17-18)14-6-7-16-24-21-12-4-2-10-19(21)20-11-3-5-13-22(20)24;/h2-5,8-13,15,17H,6-7,14,16H2,1H3;1H/q+1;/p-1. The first-order valence-corrected chi connectivity index (χ1v) is 8.74. The van der Waals surface area contributed by atoms with Crippen molar-refractivity contribution in [3.8, 4) is 0 Å². The van der Waals surface area contributed by atoms with Gasteiger partial charge in [-0.15, -0.1) is 0 Å². The Labute approximate surface area is 159 Å². The highest BCUT2D eigenvalue weighted by Crippen LogP contribution is 2.28. The van der Waals surface area contributed by atoms with Crippen LogP contribution in [0.5, 0.6) is 0 Å². The largest absolute Gasteiger partial charge is 1.00 e. The number of unbranched alkanes of at least 4 members (excludes halogenated alkanes) is 1. The summed E-state index contributed by atoms with van der Waals surface area (Å²) in [6.45, 7) is 4.30. The zero-order valence-electron chi connectivity index (χ0n) is 14.5. The van der Waals surface area contributed by atoms with Crippen molar-refractivity contribution >= 4 is 21.8 Å². The first kappa shape index (κ1) is 17.7. The fraction of sp³-hybridized carbons (Fsp3) is 0.227. The summed E-state index contributed by atoms with van der Waals surface area (Å²) in [4.78, 5) is 0. The molecule has 2 aromatic carbocycles. The SMILES string of the molecule is Cc1ccc[n+](CCCCn2c3ccccc3c3ccccc32)c1.[Br-]. The molecule has 0 saturated carbocycles. The number of rotatable bonds is 5. The number of hydrogen-bond acceptors (Lipinski definition) is 0. The van der Waals surface area contributed by atoms with Gasteiger partial charge in [0, 0.05) is 46.4 Å². The lowest BCUT2D eigenvalue weighted by atomic mass is 10.2. The second-order valence-corrected chi connectivity index (χ2v) is 6.51. The lowest BCUT2D eigenvalue weighted by Gasteiger charge is -2.06. The lowest BCUT2D eigenvalue weighted by molar-refractivity contribution is -0.697. The van der Waals surface area contributed by atoms with Crippen molar-refractivity contribution in [1.82, 2.24) is 4.57 Å². The average Bonchev–Trinajstić information content (AvgIpc) is 2.93. The van der Waals surface area contributed by atoms with E-state index < -0.39 is 0 Å². The van der Waals surface area contributed by atoms with Crippen LogP contribution in [0.3, 0.4) is 0 Å². The second-order valence-electron chi connectivity index (χ2n) is 6.51. The molecule has 2 nitrogen and oxygen atoms in total. The molecule has 0 atom stereocenters. The summed E-state index contributed by atoms with van der Waals surface area (Å²) in [5, 5.41) is 2.72. The van der Waals surface area contributed by atoms with Gasteiger partial charge >= 0.3 is 0 Å². The molecule has 0 aliphatic rings. The molecule has 0 unspecified atom stereocenters. The van der Waals surface area contributed by atoms with Gasteiger partial charge in [0.1, 0.15) is 6.54 Å². The maximum absolute atomic E-state index is 2.48. The highest BCUT2D eigenvalue weighted by atomic mass is 79.9. The molecule has 0 saturated heterocycles. The van der Waals surface area contributed by atoms with E-state index >= 15 is 0 Å². The van der Waals surface area contributed by atoms with E-state index in [0.29, 0.717) is 0 Å². The van der Waals surface area contributed by atoms with Gasteiger partial charge in [-0.3, -0.25) is 0 Å². The molecule has 0 aliphatic carbocycles. The fourth-order valence-corrected chi connectivity index (χ4v) is 3.60. The van der Waals surface area contributed by atoms with Gasteiger partial charge in [0.25, 0.3) is 0 Å². The Bertz CT molecular complexity index is 934. The van der Waals surface area contributed by atoms with Crippen LogP contribution in [0.1, 0.15) is 18.4 Å². The lowest BCUT2D eigenvalue weighted by Crippen LogP contribution is -3.00. The molecule has 128 valence electrons. The van der Waals surface area contributed by atoms with Crippen LogP contribution in [0.25, 0.3) is 21.8 Å². The molecule has 2 aromatic heterocycles. The number of aryl methyl sites for hydroxylation is 3. The average molecular weight is 395 g/mol. The minimum absolute atomic E-state index is 0. The van der Waals surface area contributed by atoms with Crippen molar-refractivity contribution in [1.29, 1.82) is 0 Å². The van der Waals surface area contributed by atoms with Gasteiger partial charge in [0.15, 0.2) is 12.4 Å². The molecular formula is C22H23BrN2. The summed E-state index contributed by atoms with van der Waals surface area (Å²) in [6.07, 6.45) is 6.76. The molecular weight excluding hydrogens is 372 g/mol. The zero-order chi connectivity index (χ0) is 16.4. The van der Waals surface area contributed by atoms with Gasteiger partial charge in [0.2, 0.25) is 0 Å². The molecule has 0 fully saturated rings. The van der Waals surface area contributed by atoms with Crippen LogP contribution in [-0.2, 0) is 13.1 Å². The van der Waals surface area contributed by atoms with Crippen molar-refractivity contribution in [2.24, 2.45) is 0 Å². The van der Waals surface area contributed by atoms with Gasteiger partial charge in [-0.05, 0) is 31.5 Å². The molecule has 0 radical (unpaired) electrons. The first-order valence-electron chi connectivity index (χ1n) is 8.74. The summed E-state index contributed by atoms with van der Waals surface area (Å²) in [5.41, 5.74) is 4.02. The topological polar surface area (TPSA) is 8.81 Å². The molecule has 4 aromatic rings. The molecule has 0 N–H and O–H groups in total. The Kier molecular flexibility index (Phi) is 5.54. The van der Waals surface area contributed by atoms with Crippen LogP contribution in [0.2, 0.25) is 0 Å². The molecule has 3 heteroatoms. The predicted octanol–water partition coefficient (Wildman–Crippen LogP) is 1.87. The molecule has 0 bridgehead atoms. The first-order chi connectivity index (χ1) is 11.8. The van der Waals surface area contributed by atoms with Crippen molar-refractivity contribution in [2.75, 3.05) is 0 Å². The van der Waals surface area contributed by atoms with Crippen LogP contribution < -0.4 is 21.5 Å². The fourth-order valence-electron chi connectivity index (χ4n) is 3.60. The molecule has 0 spiro atoms. The monoisotopic (exact) mass is 394 g/mol.